The van der Waals surface area contributed by atoms with Gasteiger partial charge in [-0.1, -0.05) is 34.1 Å². The monoisotopic (exact) mass is 387 g/mol. The Labute approximate surface area is 149 Å². The molecule has 1 saturated heterocycles. The highest BCUT2D eigenvalue weighted by Gasteiger charge is 2.21. The second-order valence-corrected chi connectivity index (χ2v) is 6.54. The van der Waals surface area contributed by atoms with Crippen molar-refractivity contribution in [3.05, 3.63) is 64.1 Å². The molecule has 0 aromatic heterocycles. The minimum absolute atomic E-state index is 0.0526. The van der Waals surface area contributed by atoms with E-state index in [2.05, 4.69) is 21.2 Å². The number of nitrogens with one attached hydrogen (secondary N) is 1. The number of halogens is 1. The SMILES string of the molecule is CN(Cc1ccccc1Br)C(=O)c1ccc(N2CCNC2=O)cc1. The minimum atomic E-state index is -0.0971. The molecular formula is C18H18BrN3O2. The van der Waals surface area contributed by atoms with E-state index in [0.717, 1.165) is 15.7 Å². The zero-order chi connectivity index (χ0) is 17.1. The van der Waals surface area contributed by atoms with Gasteiger partial charge in [-0.15, -0.1) is 0 Å². The predicted molar refractivity (Wildman–Crippen MR) is 97.1 cm³/mol. The van der Waals surface area contributed by atoms with Crippen LogP contribution in [0.2, 0.25) is 0 Å². The van der Waals surface area contributed by atoms with E-state index < -0.39 is 0 Å². The number of nitrogens with zero attached hydrogens (tertiary/aromatic N) is 2. The molecule has 5 nitrogen and oxygen atoms in total. The Morgan fingerprint density at radius 2 is 1.92 bits per heavy atom. The summed E-state index contributed by atoms with van der Waals surface area (Å²) in [5.41, 5.74) is 2.46. The van der Waals surface area contributed by atoms with Gasteiger partial charge in [0.25, 0.3) is 5.91 Å². The van der Waals surface area contributed by atoms with Gasteiger partial charge in [0.1, 0.15) is 0 Å². The molecule has 3 amide bonds. The number of carbonyl (C=O) groups is 2. The maximum atomic E-state index is 12.6. The van der Waals surface area contributed by atoms with Crippen LogP contribution < -0.4 is 10.2 Å². The number of hydrogen-bond donors (Lipinski definition) is 1. The van der Waals surface area contributed by atoms with Crippen LogP contribution in [0.1, 0.15) is 15.9 Å². The molecule has 0 unspecified atom stereocenters. The van der Waals surface area contributed by atoms with Gasteiger partial charge in [0.15, 0.2) is 0 Å². The summed E-state index contributed by atoms with van der Waals surface area (Å²) in [7, 11) is 1.78. The lowest BCUT2D eigenvalue weighted by Crippen LogP contribution is -2.28. The summed E-state index contributed by atoms with van der Waals surface area (Å²) in [6, 6.07) is 14.9. The highest BCUT2D eigenvalue weighted by Crippen LogP contribution is 2.20. The molecule has 1 N–H and O–H groups in total. The third-order valence-corrected chi connectivity index (χ3v) is 4.77. The number of hydrogen-bond acceptors (Lipinski definition) is 2. The normalized spacial score (nSPS) is 13.8. The van der Waals surface area contributed by atoms with E-state index in [0.29, 0.717) is 25.2 Å². The summed E-state index contributed by atoms with van der Waals surface area (Å²) in [5, 5.41) is 2.76. The van der Waals surface area contributed by atoms with Gasteiger partial charge in [0.05, 0.1) is 0 Å². The number of anilines is 1. The fourth-order valence-electron chi connectivity index (χ4n) is 2.68. The molecule has 2 aromatic carbocycles. The molecule has 24 heavy (non-hydrogen) atoms. The second kappa shape index (κ2) is 7.05. The second-order valence-electron chi connectivity index (χ2n) is 5.68. The van der Waals surface area contributed by atoms with Gasteiger partial charge in [-0.05, 0) is 35.9 Å². The molecule has 0 spiro atoms. The smallest absolute Gasteiger partial charge is 0.321 e. The highest BCUT2D eigenvalue weighted by molar-refractivity contribution is 9.10. The molecular weight excluding hydrogens is 370 g/mol. The molecule has 0 bridgehead atoms. The van der Waals surface area contributed by atoms with Gasteiger partial charge in [-0.3, -0.25) is 9.69 Å². The van der Waals surface area contributed by atoms with E-state index in [1.165, 1.54) is 0 Å². The number of rotatable bonds is 4. The molecule has 2 aromatic rings. The summed E-state index contributed by atoms with van der Waals surface area (Å²) in [4.78, 5) is 27.6. The van der Waals surface area contributed by atoms with Crippen LogP contribution in [0, 0.1) is 0 Å². The third-order valence-electron chi connectivity index (χ3n) is 3.99. The van der Waals surface area contributed by atoms with Crippen molar-refractivity contribution in [3.63, 3.8) is 0 Å². The number of benzene rings is 2. The molecule has 0 atom stereocenters. The van der Waals surface area contributed by atoms with Gasteiger partial charge >= 0.3 is 6.03 Å². The molecule has 1 aliphatic rings. The molecule has 6 heteroatoms. The van der Waals surface area contributed by atoms with Gasteiger partial charge in [0, 0.05) is 42.4 Å². The van der Waals surface area contributed by atoms with Crippen molar-refractivity contribution >= 4 is 33.6 Å². The summed E-state index contributed by atoms with van der Waals surface area (Å²) in [6.45, 7) is 1.82. The maximum Gasteiger partial charge on any atom is 0.321 e. The first-order valence-electron chi connectivity index (χ1n) is 7.70. The van der Waals surface area contributed by atoms with E-state index in [1.54, 1.807) is 29.0 Å². The Morgan fingerprint density at radius 3 is 2.54 bits per heavy atom. The molecule has 1 heterocycles. The fraction of sp³-hybridized carbons (Fsp3) is 0.222. The van der Waals surface area contributed by atoms with Crippen molar-refractivity contribution in [2.24, 2.45) is 0 Å². The largest absolute Gasteiger partial charge is 0.337 e. The van der Waals surface area contributed by atoms with Crippen molar-refractivity contribution in [1.82, 2.24) is 10.2 Å². The van der Waals surface area contributed by atoms with Crippen LogP contribution in [0.25, 0.3) is 0 Å². The quantitative estimate of drug-likeness (QED) is 0.875. The maximum absolute atomic E-state index is 12.6. The first-order chi connectivity index (χ1) is 11.6. The van der Waals surface area contributed by atoms with E-state index in [9.17, 15) is 9.59 Å². The van der Waals surface area contributed by atoms with Crippen LogP contribution in [-0.2, 0) is 6.54 Å². The topological polar surface area (TPSA) is 52.7 Å². The van der Waals surface area contributed by atoms with Gasteiger partial charge in [-0.25, -0.2) is 4.79 Å². The zero-order valence-electron chi connectivity index (χ0n) is 13.3. The minimum Gasteiger partial charge on any atom is -0.337 e. The van der Waals surface area contributed by atoms with E-state index >= 15 is 0 Å². The molecule has 1 aliphatic heterocycles. The van der Waals surface area contributed by atoms with E-state index in [-0.39, 0.29) is 11.9 Å². The van der Waals surface area contributed by atoms with Gasteiger partial charge < -0.3 is 10.2 Å². The fourth-order valence-corrected chi connectivity index (χ4v) is 3.09. The average Bonchev–Trinajstić information content (AvgIpc) is 3.02. The van der Waals surface area contributed by atoms with Crippen LogP contribution in [0.5, 0.6) is 0 Å². The van der Waals surface area contributed by atoms with Crippen LogP contribution in [-0.4, -0.2) is 37.0 Å². The summed E-state index contributed by atoms with van der Waals surface area (Å²) >= 11 is 3.50. The Hall–Kier alpha value is -2.34. The molecule has 3 rings (SSSR count). The van der Waals surface area contributed by atoms with Crippen molar-refractivity contribution in [3.8, 4) is 0 Å². The van der Waals surface area contributed by atoms with Crippen molar-refractivity contribution in [1.29, 1.82) is 0 Å². The first-order valence-corrected chi connectivity index (χ1v) is 8.50. The molecule has 0 aliphatic carbocycles. The Morgan fingerprint density at radius 1 is 1.21 bits per heavy atom. The number of urea groups is 1. The first kappa shape index (κ1) is 16.5. The predicted octanol–water partition coefficient (Wildman–Crippen LogP) is 3.25. The summed E-state index contributed by atoms with van der Waals surface area (Å²) in [5.74, 6) is -0.0526. The van der Waals surface area contributed by atoms with Gasteiger partial charge in [-0.2, -0.15) is 0 Å². The Bertz CT molecular complexity index is 761. The Balaban J connectivity index is 1.70. The highest BCUT2D eigenvalue weighted by atomic mass is 79.9. The average molecular weight is 388 g/mol. The lowest BCUT2D eigenvalue weighted by Gasteiger charge is -2.19. The lowest BCUT2D eigenvalue weighted by molar-refractivity contribution is 0.0785. The van der Waals surface area contributed by atoms with E-state index in [4.69, 9.17) is 0 Å². The third kappa shape index (κ3) is 3.43. The lowest BCUT2D eigenvalue weighted by atomic mass is 10.1. The number of carbonyl (C=O) groups excluding carboxylic acids is 2. The molecule has 0 radical (unpaired) electrons. The standard InChI is InChI=1S/C18H18BrN3O2/c1-21(12-14-4-2-3-5-16(14)19)17(23)13-6-8-15(9-7-13)22-11-10-20-18(22)24/h2-9H,10-12H2,1H3,(H,20,24). The van der Waals surface area contributed by atoms with Crippen molar-refractivity contribution in [2.45, 2.75) is 6.54 Å². The van der Waals surface area contributed by atoms with Crippen LogP contribution >= 0.6 is 15.9 Å². The zero-order valence-corrected chi connectivity index (χ0v) is 14.9. The summed E-state index contributed by atoms with van der Waals surface area (Å²) < 4.78 is 0.986. The van der Waals surface area contributed by atoms with Crippen molar-refractivity contribution < 1.29 is 9.59 Å². The van der Waals surface area contributed by atoms with Crippen LogP contribution in [0.3, 0.4) is 0 Å². The summed E-state index contributed by atoms with van der Waals surface area (Å²) in [6.07, 6.45) is 0. The van der Waals surface area contributed by atoms with Crippen LogP contribution in [0.15, 0.2) is 53.0 Å². The van der Waals surface area contributed by atoms with Crippen molar-refractivity contribution in [2.75, 3.05) is 25.0 Å². The molecule has 124 valence electrons. The van der Waals surface area contributed by atoms with E-state index in [1.807, 2.05) is 36.4 Å². The van der Waals surface area contributed by atoms with Crippen LogP contribution in [0.4, 0.5) is 10.5 Å². The molecule has 0 saturated carbocycles. The molecule has 1 fully saturated rings. The number of amides is 3. The van der Waals surface area contributed by atoms with Gasteiger partial charge in [0.2, 0.25) is 0 Å². The Kier molecular flexibility index (Phi) is 4.85.